The van der Waals surface area contributed by atoms with Crippen molar-refractivity contribution < 1.29 is 0 Å². The average Bonchev–Trinajstić information content (AvgIpc) is 1.95. The van der Waals surface area contributed by atoms with Crippen LogP contribution >= 0.6 is 0 Å². The van der Waals surface area contributed by atoms with Gasteiger partial charge < -0.3 is 4.90 Å². The molecule has 0 heterocycles. The molecule has 0 aliphatic carbocycles. The molecule has 0 N–H and O–H groups in total. The highest BCUT2D eigenvalue weighted by molar-refractivity contribution is 5.16. The van der Waals surface area contributed by atoms with Crippen molar-refractivity contribution in [2.24, 2.45) is 0 Å². The van der Waals surface area contributed by atoms with E-state index in [0.29, 0.717) is 0 Å². The van der Waals surface area contributed by atoms with Crippen molar-refractivity contribution in [1.82, 2.24) is 9.80 Å². The second-order valence-electron chi connectivity index (χ2n) is 3.22. The fraction of sp³-hybridized carbons (Fsp3) is 0.600. The van der Waals surface area contributed by atoms with E-state index in [1.807, 2.05) is 39.2 Å². The zero-order valence-corrected chi connectivity index (χ0v) is 8.46. The number of likely N-dealkylation sites (N-methyl/N-ethyl adjacent to an activating group) is 1. The smallest absolute Gasteiger partial charge is 0.0600 e. The van der Waals surface area contributed by atoms with Gasteiger partial charge in [0.05, 0.1) is 6.54 Å². The summed E-state index contributed by atoms with van der Waals surface area (Å²) in [7, 11) is 8.10. The number of hydrogen-bond acceptors (Lipinski definition) is 2. The van der Waals surface area contributed by atoms with Gasteiger partial charge in [-0.25, -0.2) is 0 Å². The summed E-state index contributed by atoms with van der Waals surface area (Å²) in [6, 6.07) is 0. The second kappa shape index (κ2) is 6.90. The minimum Gasteiger partial charge on any atom is -0.306 e. The van der Waals surface area contributed by atoms with Gasteiger partial charge in [0.15, 0.2) is 0 Å². The lowest BCUT2D eigenvalue weighted by atomic mass is 10.4. The molecule has 0 radical (unpaired) electrons. The predicted molar refractivity (Wildman–Crippen MR) is 54.0 cm³/mol. The largest absolute Gasteiger partial charge is 0.306 e. The van der Waals surface area contributed by atoms with Crippen LogP contribution in [0.15, 0.2) is 12.2 Å². The van der Waals surface area contributed by atoms with Crippen molar-refractivity contribution >= 4 is 0 Å². The van der Waals surface area contributed by atoms with Crippen LogP contribution in [0.5, 0.6) is 0 Å². The highest BCUT2D eigenvalue weighted by Gasteiger charge is 1.80. The van der Waals surface area contributed by atoms with E-state index < -0.39 is 0 Å². The van der Waals surface area contributed by atoms with Crippen LogP contribution in [0.3, 0.4) is 0 Å². The van der Waals surface area contributed by atoms with Gasteiger partial charge in [0.25, 0.3) is 0 Å². The molecular weight excluding hydrogens is 148 g/mol. The summed E-state index contributed by atoms with van der Waals surface area (Å²) in [5.74, 6) is 6.00. The Morgan fingerprint density at radius 2 is 1.75 bits per heavy atom. The van der Waals surface area contributed by atoms with Crippen LogP contribution in [-0.2, 0) is 0 Å². The Bertz CT molecular complexity index is 182. The molecule has 0 aromatic heterocycles. The zero-order valence-electron chi connectivity index (χ0n) is 8.46. The van der Waals surface area contributed by atoms with Crippen LogP contribution in [0.2, 0.25) is 0 Å². The topological polar surface area (TPSA) is 6.48 Å². The molecule has 0 aliphatic heterocycles. The van der Waals surface area contributed by atoms with Gasteiger partial charge in [0, 0.05) is 6.54 Å². The third-order valence-electron chi connectivity index (χ3n) is 1.17. The Hall–Kier alpha value is -0.780. The lowest BCUT2D eigenvalue weighted by Crippen LogP contribution is -2.11. The predicted octanol–water partition coefficient (Wildman–Crippen LogP) is 0.669. The molecule has 0 saturated carbocycles. The van der Waals surface area contributed by atoms with Gasteiger partial charge >= 0.3 is 0 Å². The van der Waals surface area contributed by atoms with E-state index in [-0.39, 0.29) is 0 Å². The molecule has 2 heteroatoms. The van der Waals surface area contributed by atoms with Gasteiger partial charge in [-0.3, -0.25) is 4.90 Å². The fourth-order valence-corrected chi connectivity index (χ4v) is 0.585. The van der Waals surface area contributed by atoms with Crippen LogP contribution in [0, 0.1) is 11.8 Å². The van der Waals surface area contributed by atoms with Crippen molar-refractivity contribution in [2.75, 3.05) is 41.3 Å². The molecule has 0 saturated heterocycles. The van der Waals surface area contributed by atoms with E-state index in [2.05, 4.69) is 22.8 Å². The van der Waals surface area contributed by atoms with Crippen LogP contribution in [-0.4, -0.2) is 51.1 Å². The maximum atomic E-state index is 3.03. The molecule has 0 atom stereocenters. The van der Waals surface area contributed by atoms with E-state index >= 15 is 0 Å². The van der Waals surface area contributed by atoms with E-state index in [9.17, 15) is 0 Å². The van der Waals surface area contributed by atoms with Crippen LogP contribution in [0.1, 0.15) is 0 Å². The first-order valence-electron chi connectivity index (χ1n) is 4.06. The average molecular weight is 166 g/mol. The van der Waals surface area contributed by atoms with Gasteiger partial charge in [-0.2, -0.15) is 0 Å². The molecule has 0 amide bonds. The number of rotatable bonds is 3. The summed E-state index contributed by atoms with van der Waals surface area (Å²) in [6.45, 7) is 1.78. The fourth-order valence-electron chi connectivity index (χ4n) is 0.585. The number of allylic oxidation sites excluding steroid dienone is 1. The molecule has 0 rings (SSSR count). The number of nitrogens with zero attached hydrogens (tertiary/aromatic N) is 2. The molecule has 0 bridgehead atoms. The molecule has 0 spiro atoms. The second-order valence-corrected chi connectivity index (χ2v) is 3.22. The Balaban J connectivity index is 3.49. The summed E-state index contributed by atoms with van der Waals surface area (Å²) in [5.41, 5.74) is 0. The summed E-state index contributed by atoms with van der Waals surface area (Å²) in [6.07, 6.45) is 3.96. The first kappa shape index (κ1) is 11.2. The summed E-state index contributed by atoms with van der Waals surface area (Å²) in [5, 5.41) is 0. The van der Waals surface area contributed by atoms with Crippen molar-refractivity contribution in [3.8, 4) is 11.8 Å². The molecule has 12 heavy (non-hydrogen) atoms. The first-order chi connectivity index (χ1) is 5.63. The highest BCUT2D eigenvalue weighted by Crippen LogP contribution is 1.76. The minimum absolute atomic E-state index is 0.826. The summed E-state index contributed by atoms with van der Waals surface area (Å²) in [4.78, 5) is 4.15. The van der Waals surface area contributed by atoms with Gasteiger partial charge in [-0.15, -0.1) is 0 Å². The van der Waals surface area contributed by atoms with Crippen LogP contribution in [0.4, 0.5) is 0 Å². The summed E-state index contributed by atoms with van der Waals surface area (Å²) < 4.78 is 0. The monoisotopic (exact) mass is 166 g/mol. The minimum atomic E-state index is 0.826. The van der Waals surface area contributed by atoms with Crippen molar-refractivity contribution in [2.45, 2.75) is 0 Å². The molecule has 0 aliphatic rings. The van der Waals surface area contributed by atoms with Crippen molar-refractivity contribution in [3.05, 3.63) is 12.2 Å². The van der Waals surface area contributed by atoms with Gasteiger partial charge in [-0.05, 0) is 34.3 Å². The lowest BCUT2D eigenvalue weighted by molar-refractivity contribution is 0.456. The quantitative estimate of drug-likeness (QED) is 0.569. The molecule has 68 valence electrons. The zero-order chi connectivity index (χ0) is 9.40. The molecule has 2 nitrogen and oxygen atoms in total. The molecule has 0 aromatic rings. The van der Waals surface area contributed by atoms with E-state index in [4.69, 9.17) is 0 Å². The van der Waals surface area contributed by atoms with E-state index in [0.717, 1.165) is 13.1 Å². The summed E-state index contributed by atoms with van der Waals surface area (Å²) >= 11 is 0. The first-order valence-corrected chi connectivity index (χ1v) is 4.06. The Morgan fingerprint density at radius 3 is 2.25 bits per heavy atom. The Morgan fingerprint density at radius 1 is 1.08 bits per heavy atom. The van der Waals surface area contributed by atoms with Crippen LogP contribution < -0.4 is 0 Å². The maximum Gasteiger partial charge on any atom is 0.0600 e. The SMILES string of the molecule is CN(C)CC#C/C=C\CN(C)C. The van der Waals surface area contributed by atoms with Crippen molar-refractivity contribution in [1.29, 1.82) is 0 Å². The molecule has 0 unspecified atom stereocenters. The van der Waals surface area contributed by atoms with Gasteiger partial charge in [0.2, 0.25) is 0 Å². The van der Waals surface area contributed by atoms with Gasteiger partial charge in [0.1, 0.15) is 0 Å². The molecule has 0 aromatic carbocycles. The third kappa shape index (κ3) is 9.22. The highest BCUT2D eigenvalue weighted by atomic mass is 15.0. The van der Waals surface area contributed by atoms with Crippen molar-refractivity contribution in [3.63, 3.8) is 0 Å². The molecule has 0 fully saturated rings. The van der Waals surface area contributed by atoms with E-state index in [1.54, 1.807) is 0 Å². The third-order valence-corrected chi connectivity index (χ3v) is 1.17. The Labute approximate surface area is 75.9 Å². The van der Waals surface area contributed by atoms with E-state index in [1.165, 1.54) is 0 Å². The van der Waals surface area contributed by atoms with Gasteiger partial charge in [-0.1, -0.05) is 17.9 Å². The lowest BCUT2D eigenvalue weighted by Gasteiger charge is -2.02. The standard InChI is InChI=1S/C10H18N2/c1-11(2)9-7-5-6-8-10-12(3)4/h5,7H,9-10H2,1-4H3/b7-5-. The Kier molecular flexibility index (Phi) is 6.45. The molecular formula is C10H18N2. The normalized spacial score (nSPS) is 10.8. The van der Waals surface area contributed by atoms with Crippen LogP contribution in [0.25, 0.3) is 0 Å². The maximum absolute atomic E-state index is 3.03. The number of hydrogen-bond donors (Lipinski definition) is 0.